The molecule has 1 heterocycles. The molecule has 1 aliphatic rings. The van der Waals surface area contributed by atoms with Gasteiger partial charge in [0.2, 0.25) is 6.08 Å². The number of aliphatic imine (C=N–C) groups is 1. The first-order valence-electron chi connectivity index (χ1n) is 4.73. The average Bonchev–Trinajstić information content (AvgIpc) is 2.19. The molecule has 1 unspecified atom stereocenters. The molecular weight excluding hydrogens is 182 g/mol. The Morgan fingerprint density at radius 3 is 3.08 bits per heavy atom. The van der Waals surface area contributed by atoms with Gasteiger partial charge in [0.15, 0.2) is 0 Å². The van der Waals surface area contributed by atoms with Crippen molar-refractivity contribution < 1.29 is 4.79 Å². The summed E-state index contributed by atoms with van der Waals surface area (Å²) in [4.78, 5) is 13.2. The normalized spacial score (nSPS) is 22.9. The first-order chi connectivity index (χ1) is 6.43. The summed E-state index contributed by atoms with van der Waals surface area (Å²) in [5, 5.41) is 0.796. The van der Waals surface area contributed by atoms with Gasteiger partial charge in [-0.15, -0.1) is 0 Å². The fraction of sp³-hybridized carbons (Fsp3) is 0.700. The van der Waals surface area contributed by atoms with Gasteiger partial charge in [-0.2, -0.15) is 11.8 Å². The van der Waals surface area contributed by atoms with Crippen molar-refractivity contribution in [1.82, 2.24) is 0 Å². The molecule has 0 saturated carbocycles. The van der Waals surface area contributed by atoms with Gasteiger partial charge in [0.1, 0.15) is 0 Å². The van der Waals surface area contributed by atoms with Crippen molar-refractivity contribution in [2.24, 2.45) is 4.99 Å². The van der Waals surface area contributed by atoms with Crippen LogP contribution in [0.3, 0.4) is 0 Å². The predicted molar refractivity (Wildman–Crippen MR) is 56.8 cm³/mol. The fourth-order valence-electron chi connectivity index (χ4n) is 1.41. The van der Waals surface area contributed by atoms with E-state index in [1.165, 1.54) is 31.1 Å². The monoisotopic (exact) mass is 197 g/mol. The molecule has 1 rings (SSSR count). The van der Waals surface area contributed by atoms with Crippen LogP contribution in [0.15, 0.2) is 17.1 Å². The molecule has 1 aliphatic heterocycles. The topological polar surface area (TPSA) is 29.4 Å². The molecule has 2 nitrogen and oxygen atoms in total. The van der Waals surface area contributed by atoms with E-state index in [1.807, 2.05) is 6.08 Å². The number of allylic oxidation sites excluding steroid dienone is 1. The van der Waals surface area contributed by atoms with Crippen LogP contribution in [-0.4, -0.2) is 23.6 Å². The Labute approximate surface area is 83.5 Å². The summed E-state index contributed by atoms with van der Waals surface area (Å²) in [5.74, 6) is 1.31. The summed E-state index contributed by atoms with van der Waals surface area (Å²) in [6.07, 6.45) is 10.8. The number of thioether (sulfide) groups is 1. The number of hydrogen-bond donors (Lipinski definition) is 0. The van der Waals surface area contributed by atoms with Gasteiger partial charge in [0, 0.05) is 5.25 Å². The van der Waals surface area contributed by atoms with Crippen molar-refractivity contribution in [3.8, 4) is 0 Å². The summed E-state index contributed by atoms with van der Waals surface area (Å²) in [7, 11) is 0. The molecule has 13 heavy (non-hydrogen) atoms. The second kappa shape index (κ2) is 6.93. The highest BCUT2D eigenvalue weighted by Gasteiger charge is 2.11. The molecule has 0 aromatic rings. The van der Waals surface area contributed by atoms with Crippen molar-refractivity contribution in [3.63, 3.8) is 0 Å². The summed E-state index contributed by atoms with van der Waals surface area (Å²) in [5.41, 5.74) is 0. The summed E-state index contributed by atoms with van der Waals surface area (Å²) in [6.45, 7) is 0.487. The summed E-state index contributed by atoms with van der Waals surface area (Å²) < 4.78 is 0. The highest BCUT2D eigenvalue weighted by molar-refractivity contribution is 7.99. The van der Waals surface area contributed by atoms with Crippen LogP contribution in [0, 0.1) is 0 Å². The Kier molecular flexibility index (Phi) is 5.62. The highest BCUT2D eigenvalue weighted by Crippen LogP contribution is 2.27. The first-order valence-corrected chi connectivity index (χ1v) is 5.78. The number of carbonyl (C=O) groups excluding carboxylic acids is 1. The van der Waals surface area contributed by atoms with Gasteiger partial charge in [-0.3, -0.25) is 0 Å². The zero-order valence-corrected chi connectivity index (χ0v) is 8.55. The van der Waals surface area contributed by atoms with Gasteiger partial charge in [-0.05, 0) is 25.0 Å². The molecule has 0 spiro atoms. The Balaban J connectivity index is 2.09. The van der Waals surface area contributed by atoms with Gasteiger partial charge < -0.3 is 0 Å². The lowest BCUT2D eigenvalue weighted by Crippen LogP contribution is -2.07. The van der Waals surface area contributed by atoms with Crippen LogP contribution in [0.1, 0.15) is 25.7 Å². The lowest BCUT2D eigenvalue weighted by Gasteiger charge is -2.19. The average molecular weight is 197 g/mol. The SMILES string of the molecule is O=C=NC/C=C\CC1CCCCS1. The third-order valence-corrected chi connectivity index (χ3v) is 3.52. The summed E-state index contributed by atoms with van der Waals surface area (Å²) in [6, 6.07) is 0. The van der Waals surface area contributed by atoms with E-state index in [2.05, 4.69) is 22.8 Å². The van der Waals surface area contributed by atoms with Gasteiger partial charge in [-0.25, -0.2) is 9.79 Å². The Morgan fingerprint density at radius 1 is 1.46 bits per heavy atom. The van der Waals surface area contributed by atoms with E-state index in [9.17, 15) is 4.79 Å². The molecule has 0 aromatic carbocycles. The van der Waals surface area contributed by atoms with Crippen LogP contribution in [0.4, 0.5) is 0 Å². The predicted octanol–water partition coefficient (Wildman–Crippen LogP) is 2.55. The maximum atomic E-state index is 9.74. The van der Waals surface area contributed by atoms with Crippen LogP contribution in [0.25, 0.3) is 0 Å². The van der Waals surface area contributed by atoms with E-state index < -0.39 is 0 Å². The number of rotatable bonds is 4. The minimum Gasteiger partial charge on any atom is -0.211 e. The molecule has 0 amide bonds. The van der Waals surface area contributed by atoms with Crippen molar-refractivity contribution in [3.05, 3.63) is 12.2 Å². The molecule has 72 valence electrons. The molecule has 1 saturated heterocycles. The minimum atomic E-state index is 0.487. The van der Waals surface area contributed by atoms with Crippen LogP contribution in [0.2, 0.25) is 0 Å². The molecule has 3 heteroatoms. The molecule has 1 fully saturated rings. The van der Waals surface area contributed by atoms with E-state index in [1.54, 1.807) is 0 Å². The zero-order chi connectivity index (χ0) is 9.36. The van der Waals surface area contributed by atoms with Crippen molar-refractivity contribution >= 4 is 17.8 Å². The molecule has 0 aromatic heterocycles. The maximum absolute atomic E-state index is 9.74. The molecular formula is C10H15NOS. The quantitative estimate of drug-likeness (QED) is 0.394. The molecule has 0 bridgehead atoms. The van der Waals surface area contributed by atoms with Crippen LogP contribution < -0.4 is 0 Å². The van der Waals surface area contributed by atoms with Gasteiger partial charge in [0.05, 0.1) is 6.54 Å². The van der Waals surface area contributed by atoms with E-state index in [0.717, 1.165) is 11.7 Å². The van der Waals surface area contributed by atoms with Crippen LogP contribution in [-0.2, 0) is 4.79 Å². The Morgan fingerprint density at radius 2 is 2.38 bits per heavy atom. The third-order valence-electron chi connectivity index (χ3n) is 2.10. The lowest BCUT2D eigenvalue weighted by atomic mass is 10.1. The van der Waals surface area contributed by atoms with Crippen LogP contribution in [0.5, 0.6) is 0 Å². The second-order valence-electron chi connectivity index (χ2n) is 3.13. The van der Waals surface area contributed by atoms with E-state index >= 15 is 0 Å². The zero-order valence-electron chi connectivity index (χ0n) is 7.74. The fourth-order valence-corrected chi connectivity index (χ4v) is 2.69. The number of isocyanates is 1. The van der Waals surface area contributed by atoms with Gasteiger partial charge >= 0.3 is 0 Å². The molecule has 0 aliphatic carbocycles. The maximum Gasteiger partial charge on any atom is 0.235 e. The Hall–Kier alpha value is -0.530. The molecule has 0 radical (unpaired) electrons. The van der Waals surface area contributed by atoms with Crippen LogP contribution >= 0.6 is 11.8 Å². The van der Waals surface area contributed by atoms with Crippen molar-refractivity contribution in [2.45, 2.75) is 30.9 Å². The summed E-state index contributed by atoms with van der Waals surface area (Å²) >= 11 is 2.07. The number of hydrogen-bond acceptors (Lipinski definition) is 3. The van der Waals surface area contributed by atoms with Gasteiger partial charge in [0.25, 0.3) is 0 Å². The standard InChI is InChI=1S/C10H15NOS/c12-9-11-7-3-1-5-10-6-2-4-8-13-10/h1,3,10H,2,4-8H2/b3-1-. The van der Waals surface area contributed by atoms with E-state index in [4.69, 9.17) is 0 Å². The smallest absolute Gasteiger partial charge is 0.211 e. The Bertz CT molecular complexity index is 203. The van der Waals surface area contributed by atoms with E-state index in [0.29, 0.717) is 6.54 Å². The first kappa shape index (κ1) is 10.6. The largest absolute Gasteiger partial charge is 0.235 e. The molecule has 0 N–H and O–H groups in total. The van der Waals surface area contributed by atoms with Crippen molar-refractivity contribution in [2.75, 3.05) is 12.3 Å². The van der Waals surface area contributed by atoms with E-state index in [-0.39, 0.29) is 0 Å². The van der Waals surface area contributed by atoms with Crippen molar-refractivity contribution in [1.29, 1.82) is 0 Å². The van der Waals surface area contributed by atoms with Gasteiger partial charge in [-0.1, -0.05) is 18.6 Å². The minimum absolute atomic E-state index is 0.487. The number of nitrogens with zero attached hydrogens (tertiary/aromatic N) is 1. The highest BCUT2D eigenvalue weighted by atomic mass is 32.2. The second-order valence-corrected chi connectivity index (χ2v) is 4.54. The third kappa shape index (κ3) is 4.91. The molecule has 1 atom stereocenters. The lowest BCUT2D eigenvalue weighted by molar-refractivity contribution is 0.564.